The molecule has 0 aromatic heterocycles. The van der Waals surface area contributed by atoms with Gasteiger partial charge in [-0.05, 0) is 6.42 Å². The molecule has 0 spiro atoms. The number of unbranched alkanes of at least 4 members (excludes halogenated alkanes) is 4. The van der Waals surface area contributed by atoms with E-state index >= 15 is 0 Å². The van der Waals surface area contributed by atoms with Gasteiger partial charge in [0.25, 0.3) is 0 Å². The Hall–Kier alpha value is 0.319. The zero-order valence-corrected chi connectivity index (χ0v) is 7.76. The van der Waals surface area contributed by atoms with Gasteiger partial charge >= 0.3 is 0 Å². The number of rotatable bonds is 5. The second kappa shape index (κ2) is 11.2. The van der Waals surface area contributed by atoms with Crippen molar-refractivity contribution in [1.82, 2.24) is 0 Å². The van der Waals surface area contributed by atoms with Crippen molar-refractivity contribution in [3.8, 4) is 0 Å². The molecule has 0 aliphatic rings. The van der Waals surface area contributed by atoms with Gasteiger partial charge < -0.3 is 4.79 Å². The molecular formula is C7H14OTc. The second-order valence-electron chi connectivity index (χ2n) is 2.02. The monoisotopic (exact) mass is 211 g/mol. The maximum atomic E-state index is 9.77. The van der Waals surface area contributed by atoms with Crippen LogP contribution in [0.15, 0.2) is 0 Å². The van der Waals surface area contributed by atoms with Crippen LogP contribution in [-0.4, -0.2) is 6.29 Å². The summed E-state index contributed by atoms with van der Waals surface area (Å²) in [6.07, 6.45) is 6.56. The molecule has 9 heavy (non-hydrogen) atoms. The van der Waals surface area contributed by atoms with Crippen molar-refractivity contribution >= 4 is 6.29 Å². The van der Waals surface area contributed by atoms with E-state index in [2.05, 4.69) is 6.92 Å². The van der Waals surface area contributed by atoms with E-state index in [1.807, 2.05) is 0 Å². The van der Waals surface area contributed by atoms with Crippen LogP contribution < -0.4 is 0 Å². The molecule has 0 fully saturated rings. The number of carbonyl (C=O) groups is 1. The molecule has 0 aromatic carbocycles. The molecular weight excluding hydrogens is 198 g/mol. The van der Waals surface area contributed by atoms with Gasteiger partial charge in [-0.1, -0.05) is 26.2 Å². The molecule has 0 amide bonds. The first kappa shape index (κ1) is 12.0. The zero-order valence-electron chi connectivity index (χ0n) is 5.90. The molecule has 0 unspecified atom stereocenters. The molecule has 1 nitrogen and oxygen atoms in total. The summed E-state index contributed by atoms with van der Waals surface area (Å²) >= 11 is 0. The summed E-state index contributed by atoms with van der Waals surface area (Å²) in [5.74, 6) is 0. The van der Waals surface area contributed by atoms with Gasteiger partial charge in [0, 0.05) is 26.5 Å². The molecule has 0 N–H and O–H groups in total. The molecule has 0 bridgehead atoms. The van der Waals surface area contributed by atoms with Gasteiger partial charge in [0.05, 0.1) is 0 Å². The molecule has 1 radical (unpaired) electrons. The normalized spacial score (nSPS) is 8.11. The molecule has 0 saturated carbocycles. The molecule has 0 saturated heterocycles. The third kappa shape index (κ3) is 11.7. The van der Waals surface area contributed by atoms with Crippen molar-refractivity contribution in [1.29, 1.82) is 0 Å². The zero-order chi connectivity index (χ0) is 6.24. The fraction of sp³-hybridized carbons (Fsp3) is 0.857. The van der Waals surface area contributed by atoms with Crippen LogP contribution in [0, 0.1) is 0 Å². The smallest absolute Gasteiger partial charge is 0.119 e. The Balaban J connectivity index is 0. The Morgan fingerprint density at radius 2 is 1.89 bits per heavy atom. The third-order valence-electron chi connectivity index (χ3n) is 1.18. The Morgan fingerprint density at radius 3 is 2.33 bits per heavy atom. The van der Waals surface area contributed by atoms with Crippen molar-refractivity contribution in [3.05, 3.63) is 0 Å². The van der Waals surface area contributed by atoms with E-state index in [4.69, 9.17) is 0 Å². The average Bonchev–Trinajstić information content (AvgIpc) is 1.81. The van der Waals surface area contributed by atoms with Crippen LogP contribution in [-0.2, 0) is 24.9 Å². The van der Waals surface area contributed by atoms with E-state index in [0.29, 0.717) is 0 Å². The fourth-order valence-corrected chi connectivity index (χ4v) is 0.654. The summed E-state index contributed by atoms with van der Waals surface area (Å²) < 4.78 is 0. The van der Waals surface area contributed by atoms with Gasteiger partial charge in [0.15, 0.2) is 0 Å². The number of hydrogen-bond donors (Lipinski definition) is 0. The standard InChI is InChI=1S/C7H14O.Tc/c1-2-3-4-5-6-7-8;/h7H,2-6H2,1H3;. The number of hydrogen-bond acceptors (Lipinski definition) is 1. The van der Waals surface area contributed by atoms with Gasteiger partial charge in [-0.2, -0.15) is 0 Å². The van der Waals surface area contributed by atoms with Crippen molar-refractivity contribution in [3.63, 3.8) is 0 Å². The number of carbonyl (C=O) groups excluding carboxylic acids is 1. The summed E-state index contributed by atoms with van der Waals surface area (Å²) in [7, 11) is 0. The summed E-state index contributed by atoms with van der Waals surface area (Å²) in [5.41, 5.74) is 0. The molecule has 0 aliphatic heterocycles. The van der Waals surface area contributed by atoms with E-state index < -0.39 is 0 Å². The van der Waals surface area contributed by atoms with Gasteiger partial charge in [0.2, 0.25) is 0 Å². The van der Waals surface area contributed by atoms with E-state index in [-0.39, 0.29) is 20.1 Å². The SMILES string of the molecule is CCCCCCC=O.[Tc]. The van der Waals surface area contributed by atoms with Crippen molar-refractivity contribution in [2.45, 2.75) is 39.0 Å². The Labute approximate surface area is 70.6 Å². The van der Waals surface area contributed by atoms with E-state index in [0.717, 1.165) is 19.1 Å². The van der Waals surface area contributed by atoms with E-state index in [1.54, 1.807) is 0 Å². The van der Waals surface area contributed by atoms with Gasteiger partial charge in [-0.15, -0.1) is 0 Å². The Kier molecular flexibility index (Phi) is 14.9. The molecule has 0 aliphatic carbocycles. The minimum absolute atomic E-state index is 0. The minimum Gasteiger partial charge on any atom is -0.303 e. The summed E-state index contributed by atoms with van der Waals surface area (Å²) in [5, 5.41) is 0. The predicted octanol–water partition coefficient (Wildman–Crippen LogP) is 2.15. The van der Waals surface area contributed by atoms with Crippen LogP contribution in [0.3, 0.4) is 0 Å². The first-order valence-electron chi connectivity index (χ1n) is 3.35. The van der Waals surface area contributed by atoms with Gasteiger partial charge in [0.1, 0.15) is 6.29 Å². The van der Waals surface area contributed by atoms with Crippen LogP contribution in [0.25, 0.3) is 0 Å². The second-order valence-corrected chi connectivity index (χ2v) is 2.02. The van der Waals surface area contributed by atoms with Crippen molar-refractivity contribution < 1.29 is 24.9 Å². The van der Waals surface area contributed by atoms with E-state index in [1.165, 1.54) is 19.3 Å². The van der Waals surface area contributed by atoms with Crippen molar-refractivity contribution in [2.24, 2.45) is 0 Å². The molecule has 2 heteroatoms. The van der Waals surface area contributed by atoms with Crippen LogP contribution in [0.5, 0.6) is 0 Å². The quantitative estimate of drug-likeness (QED) is 0.504. The molecule has 0 heterocycles. The van der Waals surface area contributed by atoms with Crippen LogP contribution >= 0.6 is 0 Å². The maximum Gasteiger partial charge on any atom is 0.119 e. The first-order valence-corrected chi connectivity index (χ1v) is 3.35. The largest absolute Gasteiger partial charge is 0.303 e. The van der Waals surface area contributed by atoms with Gasteiger partial charge in [-0.25, -0.2) is 0 Å². The summed E-state index contributed by atoms with van der Waals surface area (Å²) in [4.78, 5) is 9.77. The Morgan fingerprint density at radius 1 is 1.22 bits per heavy atom. The predicted molar refractivity (Wildman–Crippen MR) is 34.8 cm³/mol. The molecule has 55 valence electrons. The van der Waals surface area contributed by atoms with Crippen molar-refractivity contribution in [2.75, 3.05) is 0 Å². The fourth-order valence-electron chi connectivity index (χ4n) is 0.654. The Bertz CT molecular complexity index is 54.9. The van der Waals surface area contributed by atoms with Crippen LogP contribution in [0.1, 0.15) is 39.0 Å². The first-order chi connectivity index (χ1) is 3.91. The maximum absolute atomic E-state index is 9.77. The molecule has 0 atom stereocenters. The topological polar surface area (TPSA) is 17.1 Å². The summed E-state index contributed by atoms with van der Waals surface area (Å²) in [6, 6.07) is 0. The summed E-state index contributed by atoms with van der Waals surface area (Å²) in [6.45, 7) is 2.17. The van der Waals surface area contributed by atoms with Crippen LogP contribution in [0.2, 0.25) is 0 Å². The third-order valence-corrected chi connectivity index (χ3v) is 1.18. The van der Waals surface area contributed by atoms with Gasteiger partial charge in [-0.3, -0.25) is 0 Å². The van der Waals surface area contributed by atoms with E-state index in [9.17, 15) is 4.79 Å². The minimum atomic E-state index is 0. The molecule has 0 rings (SSSR count). The molecule has 0 aromatic rings. The average molecular weight is 212 g/mol. The van der Waals surface area contributed by atoms with Crippen LogP contribution in [0.4, 0.5) is 0 Å². The number of aldehydes is 1.